The van der Waals surface area contributed by atoms with Crippen LogP contribution in [0.25, 0.3) is 0 Å². The third-order valence-electron chi connectivity index (χ3n) is 2.41. The van der Waals surface area contributed by atoms with Crippen LogP contribution in [0.4, 0.5) is 0 Å². The molecule has 0 heterocycles. The minimum Gasteiger partial charge on any atom is -0.507 e. The van der Waals surface area contributed by atoms with Crippen LogP contribution < -0.4 is 5.32 Å². The van der Waals surface area contributed by atoms with Gasteiger partial charge in [0.2, 0.25) is 0 Å². The summed E-state index contributed by atoms with van der Waals surface area (Å²) < 4.78 is 0. The van der Waals surface area contributed by atoms with E-state index in [0.717, 1.165) is 0 Å². The van der Waals surface area contributed by atoms with Gasteiger partial charge in [-0.05, 0) is 24.5 Å². The van der Waals surface area contributed by atoms with E-state index < -0.39 is 0 Å². The molecular weight excluding hydrogens is 206 g/mol. The highest BCUT2D eigenvalue weighted by molar-refractivity contribution is 5.97. The molecule has 0 spiro atoms. The van der Waals surface area contributed by atoms with Gasteiger partial charge in [0, 0.05) is 13.2 Å². The smallest absolute Gasteiger partial charge is 0.255 e. The highest BCUT2D eigenvalue weighted by atomic mass is 16.3. The second-order valence-corrected chi connectivity index (χ2v) is 3.97. The molecule has 4 nitrogen and oxygen atoms in total. The molecule has 0 aliphatic rings. The second-order valence-electron chi connectivity index (χ2n) is 3.97. The van der Waals surface area contributed by atoms with Gasteiger partial charge in [-0.2, -0.15) is 0 Å². The van der Waals surface area contributed by atoms with E-state index in [0.29, 0.717) is 12.1 Å². The number of phenolic OH excluding ortho intramolecular Hbond substituents is 1. The number of aryl methyl sites for hydroxylation is 1. The van der Waals surface area contributed by atoms with Crippen molar-refractivity contribution in [2.24, 2.45) is 5.92 Å². The molecule has 1 atom stereocenters. The Bertz CT molecular complexity index is 377. The van der Waals surface area contributed by atoms with E-state index in [1.54, 1.807) is 25.1 Å². The van der Waals surface area contributed by atoms with E-state index in [9.17, 15) is 9.90 Å². The van der Waals surface area contributed by atoms with Gasteiger partial charge in [0.15, 0.2) is 0 Å². The van der Waals surface area contributed by atoms with Crippen LogP contribution in [0, 0.1) is 12.8 Å². The molecule has 0 saturated carbocycles. The lowest BCUT2D eigenvalue weighted by Gasteiger charge is -2.11. The Labute approximate surface area is 94.9 Å². The Hall–Kier alpha value is -1.55. The van der Waals surface area contributed by atoms with Crippen LogP contribution in [0.3, 0.4) is 0 Å². The van der Waals surface area contributed by atoms with E-state index >= 15 is 0 Å². The lowest BCUT2D eigenvalue weighted by molar-refractivity contribution is 0.0939. The predicted octanol–water partition coefficient (Wildman–Crippen LogP) is 1.06. The van der Waals surface area contributed by atoms with Crippen LogP contribution in [-0.2, 0) is 0 Å². The van der Waals surface area contributed by atoms with Crippen LogP contribution in [0.5, 0.6) is 5.75 Å². The highest BCUT2D eigenvalue weighted by Gasteiger charge is 2.12. The number of rotatable bonds is 4. The van der Waals surface area contributed by atoms with Crippen molar-refractivity contribution in [3.05, 3.63) is 29.3 Å². The maximum Gasteiger partial charge on any atom is 0.255 e. The Morgan fingerprint density at radius 3 is 2.81 bits per heavy atom. The molecule has 0 aliphatic heterocycles. The molecule has 1 aromatic rings. The van der Waals surface area contributed by atoms with Crippen molar-refractivity contribution in [1.29, 1.82) is 0 Å². The van der Waals surface area contributed by atoms with Gasteiger partial charge in [-0.15, -0.1) is 0 Å². The molecule has 0 saturated heterocycles. The van der Waals surface area contributed by atoms with Gasteiger partial charge < -0.3 is 15.5 Å². The van der Waals surface area contributed by atoms with Crippen LogP contribution in [-0.4, -0.2) is 29.3 Å². The average Bonchev–Trinajstić information content (AvgIpc) is 2.29. The van der Waals surface area contributed by atoms with Gasteiger partial charge in [-0.25, -0.2) is 0 Å². The first kappa shape index (κ1) is 12.5. The summed E-state index contributed by atoms with van der Waals surface area (Å²) in [5.74, 6) is -0.297. The fraction of sp³-hybridized carbons (Fsp3) is 0.417. The molecular formula is C12H17NO3. The lowest BCUT2D eigenvalue weighted by Crippen LogP contribution is -2.29. The standard InChI is InChI=1S/C12H17NO3/c1-8(7-14)6-13-12(16)10-5-3-4-9(2)11(10)15/h3-5,8,14-15H,6-7H2,1-2H3,(H,13,16). The second kappa shape index (κ2) is 5.51. The number of carbonyl (C=O) groups excluding carboxylic acids is 1. The molecule has 0 aromatic heterocycles. The molecule has 1 rings (SSSR count). The molecule has 0 fully saturated rings. The molecule has 1 aromatic carbocycles. The van der Waals surface area contributed by atoms with E-state index in [2.05, 4.69) is 5.32 Å². The van der Waals surface area contributed by atoms with Gasteiger partial charge in [0.25, 0.3) is 5.91 Å². The third kappa shape index (κ3) is 2.97. The molecule has 88 valence electrons. The third-order valence-corrected chi connectivity index (χ3v) is 2.41. The number of nitrogens with one attached hydrogen (secondary N) is 1. The zero-order valence-corrected chi connectivity index (χ0v) is 9.53. The topological polar surface area (TPSA) is 69.6 Å². The molecule has 1 amide bonds. The lowest BCUT2D eigenvalue weighted by atomic mass is 10.1. The number of aliphatic hydroxyl groups is 1. The van der Waals surface area contributed by atoms with Gasteiger partial charge in [-0.3, -0.25) is 4.79 Å². The fourth-order valence-electron chi connectivity index (χ4n) is 1.27. The van der Waals surface area contributed by atoms with Crippen LogP contribution in [0.2, 0.25) is 0 Å². The van der Waals surface area contributed by atoms with Crippen molar-refractivity contribution in [2.75, 3.05) is 13.2 Å². The highest BCUT2D eigenvalue weighted by Crippen LogP contribution is 2.20. The molecule has 0 radical (unpaired) electrons. The zero-order chi connectivity index (χ0) is 12.1. The summed E-state index contributed by atoms with van der Waals surface area (Å²) in [6, 6.07) is 5.03. The first-order valence-corrected chi connectivity index (χ1v) is 5.24. The minimum absolute atomic E-state index is 0.0101. The summed E-state index contributed by atoms with van der Waals surface area (Å²) in [5.41, 5.74) is 0.938. The van der Waals surface area contributed by atoms with Crippen molar-refractivity contribution in [3.8, 4) is 5.75 Å². The predicted molar refractivity (Wildman–Crippen MR) is 61.4 cm³/mol. The SMILES string of the molecule is Cc1cccc(C(=O)NCC(C)CO)c1O. The fourth-order valence-corrected chi connectivity index (χ4v) is 1.27. The van der Waals surface area contributed by atoms with E-state index in [-0.39, 0.29) is 29.7 Å². The molecule has 0 aliphatic carbocycles. The Balaban J connectivity index is 2.70. The summed E-state index contributed by atoms with van der Waals surface area (Å²) in [7, 11) is 0. The maximum atomic E-state index is 11.7. The number of benzene rings is 1. The zero-order valence-electron chi connectivity index (χ0n) is 9.53. The molecule has 3 N–H and O–H groups in total. The first-order chi connectivity index (χ1) is 7.56. The van der Waals surface area contributed by atoms with E-state index in [1.165, 1.54) is 0 Å². The molecule has 1 unspecified atom stereocenters. The summed E-state index contributed by atoms with van der Waals surface area (Å²) in [6.45, 7) is 3.99. The Morgan fingerprint density at radius 1 is 1.50 bits per heavy atom. The average molecular weight is 223 g/mol. The molecule has 16 heavy (non-hydrogen) atoms. The molecule has 0 bridgehead atoms. The maximum absolute atomic E-state index is 11.7. The number of hydrogen-bond acceptors (Lipinski definition) is 3. The summed E-state index contributed by atoms with van der Waals surface area (Å²) >= 11 is 0. The van der Waals surface area contributed by atoms with Crippen molar-refractivity contribution in [3.63, 3.8) is 0 Å². The van der Waals surface area contributed by atoms with Crippen molar-refractivity contribution < 1.29 is 15.0 Å². The monoisotopic (exact) mass is 223 g/mol. The van der Waals surface area contributed by atoms with E-state index in [1.807, 2.05) is 6.92 Å². The van der Waals surface area contributed by atoms with Crippen LogP contribution >= 0.6 is 0 Å². The number of amides is 1. The van der Waals surface area contributed by atoms with Crippen molar-refractivity contribution in [2.45, 2.75) is 13.8 Å². The minimum atomic E-state index is -0.318. The number of aromatic hydroxyl groups is 1. The summed E-state index contributed by atoms with van der Waals surface area (Å²) in [4.78, 5) is 11.7. The van der Waals surface area contributed by atoms with E-state index in [4.69, 9.17) is 5.11 Å². The van der Waals surface area contributed by atoms with Crippen molar-refractivity contribution in [1.82, 2.24) is 5.32 Å². The first-order valence-electron chi connectivity index (χ1n) is 5.24. The summed E-state index contributed by atoms with van der Waals surface area (Å²) in [5, 5.41) is 21.2. The van der Waals surface area contributed by atoms with Crippen molar-refractivity contribution >= 4 is 5.91 Å². The normalized spacial score (nSPS) is 12.2. The van der Waals surface area contributed by atoms with Gasteiger partial charge in [0.1, 0.15) is 5.75 Å². The summed E-state index contributed by atoms with van der Waals surface area (Å²) in [6.07, 6.45) is 0. The number of hydrogen-bond donors (Lipinski definition) is 3. The van der Waals surface area contributed by atoms with Gasteiger partial charge >= 0.3 is 0 Å². The Kier molecular flexibility index (Phi) is 4.31. The number of para-hydroxylation sites is 1. The van der Waals surface area contributed by atoms with Gasteiger partial charge in [0.05, 0.1) is 5.56 Å². The quantitative estimate of drug-likeness (QED) is 0.714. The number of aliphatic hydroxyl groups excluding tert-OH is 1. The number of carbonyl (C=O) groups is 1. The van der Waals surface area contributed by atoms with Crippen LogP contribution in [0.15, 0.2) is 18.2 Å². The van der Waals surface area contributed by atoms with Crippen LogP contribution in [0.1, 0.15) is 22.8 Å². The van der Waals surface area contributed by atoms with Gasteiger partial charge in [-0.1, -0.05) is 19.1 Å². The Morgan fingerprint density at radius 2 is 2.19 bits per heavy atom. The largest absolute Gasteiger partial charge is 0.507 e. The number of phenols is 1. The molecule has 4 heteroatoms.